The molecule has 3 rings (SSSR count). The van der Waals surface area contributed by atoms with Crippen LogP contribution in [0.25, 0.3) is 0 Å². The van der Waals surface area contributed by atoms with E-state index in [1.165, 1.54) is 6.07 Å². The number of nitrogens with one attached hydrogen (secondary N) is 1. The number of hydrogen-bond donors (Lipinski definition) is 1. The number of fused-ring (bicyclic) bond motifs is 1. The zero-order chi connectivity index (χ0) is 14.7. The molecule has 1 heterocycles. The van der Waals surface area contributed by atoms with Gasteiger partial charge in [-0.05, 0) is 25.1 Å². The maximum absolute atomic E-state index is 14.2. The number of hydrogen-bond acceptors (Lipinski definition) is 2. The Morgan fingerprint density at radius 1 is 1.19 bits per heavy atom. The highest BCUT2D eigenvalue weighted by atomic mass is 19.1. The van der Waals surface area contributed by atoms with E-state index in [4.69, 9.17) is 4.74 Å². The molecule has 1 aliphatic rings. The highest BCUT2D eigenvalue weighted by Gasteiger charge is 2.33. The molecule has 0 aromatic heterocycles. The first kappa shape index (κ1) is 14.1. The summed E-state index contributed by atoms with van der Waals surface area (Å²) in [5.41, 5.74) is 1.88. The minimum Gasteiger partial charge on any atom is -0.493 e. The van der Waals surface area contributed by atoms with E-state index in [9.17, 15) is 4.39 Å². The van der Waals surface area contributed by atoms with Gasteiger partial charge in [-0.15, -0.1) is 0 Å². The molecule has 2 aromatic carbocycles. The van der Waals surface area contributed by atoms with Gasteiger partial charge in [0.2, 0.25) is 0 Å². The van der Waals surface area contributed by atoms with Crippen LogP contribution >= 0.6 is 0 Å². The molecular formula is C18H20FNO. The van der Waals surface area contributed by atoms with Gasteiger partial charge in [-0.3, -0.25) is 0 Å². The lowest BCUT2D eigenvalue weighted by atomic mass is 9.88. The summed E-state index contributed by atoms with van der Waals surface area (Å²) in [5, 5.41) is 3.49. The van der Waals surface area contributed by atoms with Crippen LogP contribution in [-0.2, 0) is 0 Å². The van der Waals surface area contributed by atoms with Gasteiger partial charge in [0.15, 0.2) is 0 Å². The highest BCUT2D eigenvalue weighted by Crippen LogP contribution is 2.41. The lowest BCUT2D eigenvalue weighted by Crippen LogP contribution is -2.29. The Labute approximate surface area is 125 Å². The summed E-state index contributed by atoms with van der Waals surface area (Å²) in [7, 11) is 0. The van der Waals surface area contributed by atoms with Gasteiger partial charge in [-0.2, -0.15) is 0 Å². The fraction of sp³-hybridized carbons (Fsp3) is 0.333. The van der Waals surface area contributed by atoms with Crippen molar-refractivity contribution >= 4 is 0 Å². The molecule has 1 aliphatic heterocycles. The van der Waals surface area contributed by atoms with E-state index in [0.717, 1.165) is 29.8 Å². The van der Waals surface area contributed by atoms with Crippen molar-refractivity contribution in [2.24, 2.45) is 0 Å². The van der Waals surface area contributed by atoms with Crippen LogP contribution in [-0.4, -0.2) is 13.2 Å². The van der Waals surface area contributed by atoms with Crippen molar-refractivity contribution in [2.75, 3.05) is 13.2 Å². The van der Waals surface area contributed by atoms with E-state index in [1.54, 1.807) is 6.07 Å². The Balaban J connectivity index is 1.96. The maximum atomic E-state index is 14.2. The van der Waals surface area contributed by atoms with E-state index in [2.05, 4.69) is 18.3 Å². The molecule has 0 saturated heterocycles. The van der Waals surface area contributed by atoms with Crippen LogP contribution in [0.15, 0.2) is 48.5 Å². The molecule has 1 N–H and O–H groups in total. The third-order valence-corrected chi connectivity index (χ3v) is 3.99. The Hall–Kier alpha value is -1.87. The summed E-state index contributed by atoms with van der Waals surface area (Å²) in [6, 6.07) is 15.0. The quantitative estimate of drug-likeness (QED) is 0.895. The lowest BCUT2D eigenvalue weighted by molar-refractivity contribution is 0.297. The maximum Gasteiger partial charge on any atom is 0.128 e. The minimum atomic E-state index is -0.157. The molecule has 0 bridgehead atoms. The Morgan fingerprint density at radius 2 is 1.95 bits per heavy atom. The molecule has 0 amide bonds. The molecule has 0 fully saturated rings. The second kappa shape index (κ2) is 6.27. The molecule has 2 nitrogen and oxygen atoms in total. The average Bonchev–Trinajstić information content (AvgIpc) is 2.93. The summed E-state index contributed by atoms with van der Waals surface area (Å²) in [4.78, 5) is 0. The Bertz CT molecular complexity index is 614. The predicted octanol–water partition coefficient (Wildman–Crippen LogP) is 4.04. The van der Waals surface area contributed by atoms with Crippen molar-refractivity contribution in [3.63, 3.8) is 0 Å². The van der Waals surface area contributed by atoms with E-state index in [0.29, 0.717) is 6.61 Å². The third-order valence-electron chi connectivity index (χ3n) is 3.99. The molecule has 0 saturated carbocycles. The number of ether oxygens (including phenoxy) is 1. The molecular weight excluding hydrogens is 265 g/mol. The van der Waals surface area contributed by atoms with Crippen LogP contribution in [0.1, 0.15) is 36.4 Å². The number of para-hydroxylation sites is 1. The lowest BCUT2D eigenvalue weighted by Gasteiger charge is -2.25. The van der Waals surface area contributed by atoms with Crippen molar-refractivity contribution in [1.29, 1.82) is 0 Å². The molecule has 21 heavy (non-hydrogen) atoms. The van der Waals surface area contributed by atoms with Gasteiger partial charge in [0, 0.05) is 23.1 Å². The van der Waals surface area contributed by atoms with Crippen LogP contribution < -0.4 is 10.1 Å². The zero-order valence-corrected chi connectivity index (χ0v) is 12.2. The SMILES string of the molecule is CCCNC(c1ccccc1F)C1COc2ccccc21. The monoisotopic (exact) mass is 285 g/mol. The normalized spacial score (nSPS) is 18.1. The predicted molar refractivity (Wildman–Crippen MR) is 82.1 cm³/mol. The van der Waals surface area contributed by atoms with Crippen molar-refractivity contribution < 1.29 is 9.13 Å². The van der Waals surface area contributed by atoms with Crippen molar-refractivity contribution in [1.82, 2.24) is 5.32 Å². The van der Waals surface area contributed by atoms with Crippen molar-refractivity contribution in [3.8, 4) is 5.75 Å². The Morgan fingerprint density at radius 3 is 2.76 bits per heavy atom. The number of rotatable bonds is 5. The van der Waals surface area contributed by atoms with Gasteiger partial charge >= 0.3 is 0 Å². The second-order valence-electron chi connectivity index (χ2n) is 5.41. The molecule has 2 unspecified atom stereocenters. The largest absolute Gasteiger partial charge is 0.493 e. The summed E-state index contributed by atoms with van der Waals surface area (Å²) < 4.78 is 20.0. The number of halogens is 1. The molecule has 2 aromatic rings. The van der Waals surface area contributed by atoms with Gasteiger partial charge in [0.05, 0.1) is 6.61 Å². The van der Waals surface area contributed by atoms with Crippen LogP contribution in [0.2, 0.25) is 0 Å². The van der Waals surface area contributed by atoms with E-state index >= 15 is 0 Å². The fourth-order valence-electron chi connectivity index (χ4n) is 2.96. The number of benzene rings is 2. The average molecular weight is 285 g/mol. The van der Waals surface area contributed by atoms with E-state index < -0.39 is 0 Å². The van der Waals surface area contributed by atoms with E-state index in [1.807, 2.05) is 30.3 Å². The zero-order valence-electron chi connectivity index (χ0n) is 12.2. The fourth-order valence-corrected chi connectivity index (χ4v) is 2.96. The van der Waals surface area contributed by atoms with Gasteiger partial charge in [-0.1, -0.05) is 43.3 Å². The molecule has 110 valence electrons. The molecule has 2 atom stereocenters. The van der Waals surface area contributed by atoms with Crippen LogP contribution in [0.3, 0.4) is 0 Å². The van der Waals surface area contributed by atoms with Gasteiger partial charge in [0.25, 0.3) is 0 Å². The molecule has 0 spiro atoms. The van der Waals surface area contributed by atoms with Crippen molar-refractivity contribution in [2.45, 2.75) is 25.3 Å². The first-order valence-electron chi connectivity index (χ1n) is 7.50. The Kier molecular flexibility index (Phi) is 4.20. The first-order chi connectivity index (χ1) is 10.3. The van der Waals surface area contributed by atoms with Gasteiger partial charge < -0.3 is 10.1 Å². The third kappa shape index (κ3) is 2.79. The van der Waals surface area contributed by atoms with Crippen LogP contribution in [0, 0.1) is 5.82 Å². The summed E-state index contributed by atoms with van der Waals surface area (Å²) in [6.45, 7) is 3.57. The van der Waals surface area contributed by atoms with Gasteiger partial charge in [0.1, 0.15) is 11.6 Å². The van der Waals surface area contributed by atoms with E-state index in [-0.39, 0.29) is 17.8 Å². The van der Waals surface area contributed by atoms with Crippen LogP contribution in [0.5, 0.6) is 5.75 Å². The summed E-state index contributed by atoms with van der Waals surface area (Å²) >= 11 is 0. The summed E-state index contributed by atoms with van der Waals surface area (Å²) in [6.07, 6.45) is 1.01. The summed E-state index contributed by atoms with van der Waals surface area (Å²) in [5.74, 6) is 0.905. The minimum absolute atomic E-state index is 0.0604. The smallest absolute Gasteiger partial charge is 0.128 e. The molecule has 3 heteroatoms. The topological polar surface area (TPSA) is 21.3 Å². The first-order valence-corrected chi connectivity index (χ1v) is 7.50. The molecule has 0 radical (unpaired) electrons. The highest BCUT2D eigenvalue weighted by molar-refractivity contribution is 5.42. The molecule has 0 aliphatic carbocycles. The van der Waals surface area contributed by atoms with Gasteiger partial charge in [-0.25, -0.2) is 4.39 Å². The van der Waals surface area contributed by atoms with Crippen LogP contribution in [0.4, 0.5) is 4.39 Å². The standard InChI is InChI=1S/C18H20FNO/c1-2-11-20-18(14-8-3-5-9-16(14)19)15-12-21-17-10-6-4-7-13(15)17/h3-10,15,18,20H,2,11-12H2,1H3. The second-order valence-corrected chi connectivity index (χ2v) is 5.41. The van der Waals surface area contributed by atoms with Crippen molar-refractivity contribution in [3.05, 3.63) is 65.5 Å².